The Kier molecular flexibility index (Phi) is 13.7. The van der Waals surface area contributed by atoms with Crippen LogP contribution in [-0.4, -0.2) is 48.0 Å². The van der Waals surface area contributed by atoms with Gasteiger partial charge in [-0.15, -0.1) is 23.2 Å². The van der Waals surface area contributed by atoms with Gasteiger partial charge in [0.05, 0.1) is 13.2 Å². The number of thioether (sulfide) groups is 2. The first-order valence-corrected chi connectivity index (χ1v) is 8.77. The van der Waals surface area contributed by atoms with Crippen LogP contribution in [0.25, 0.3) is 0 Å². The summed E-state index contributed by atoms with van der Waals surface area (Å²) >= 11 is 14.9. The minimum Gasteiger partial charge on any atom is -0.380 e. The molecule has 100 valence electrons. The Morgan fingerprint density at radius 3 is 1.65 bits per heavy atom. The maximum atomic E-state index is 5.62. The van der Waals surface area contributed by atoms with Gasteiger partial charge in [-0.25, -0.2) is 0 Å². The lowest BCUT2D eigenvalue weighted by molar-refractivity contribution is 0.167. The number of hydrogen-bond donors (Lipinski definition) is 0. The van der Waals surface area contributed by atoms with Crippen LogP contribution < -0.4 is 0 Å². The average Bonchev–Trinajstić information content (AvgIpc) is 2.35. The van der Waals surface area contributed by atoms with Gasteiger partial charge < -0.3 is 4.74 Å². The Morgan fingerprint density at radius 1 is 0.882 bits per heavy atom. The summed E-state index contributed by atoms with van der Waals surface area (Å²) in [7, 11) is 0. The largest absolute Gasteiger partial charge is 0.380 e. The normalized spacial score (nSPS) is 10.5. The molecule has 0 radical (unpaired) electrons. The summed E-state index contributed by atoms with van der Waals surface area (Å²) in [6.07, 6.45) is 0. The third kappa shape index (κ3) is 13.0. The van der Waals surface area contributed by atoms with E-state index in [1.54, 1.807) is 0 Å². The third-order valence-corrected chi connectivity index (χ3v) is 4.63. The van der Waals surface area contributed by atoms with Crippen LogP contribution in [-0.2, 0) is 4.74 Å². The number of ether oxygens (including phenoxy) is 1. The van der Waals surface area contributed by atoms with Gasteiger partial charge in [-0.1, -0.05) is 24.3 Å². The first-order valence-electron chi connectivity index (χ1n) is 5.39. The molecule has 0 aliphatic rings. The van der Waals surface area contributed by atoms with E-state index in [1.165, 1.54) is 0 Å². The monoisotopic (exact) mass is 314 g/mol. The molecule has 0 aromatic rings. The molecule has 0 aliphatic heterocycles. The predicted molar refractivity (Wildman–Crippen MR) is 85.2 cm³/mol. The molecule has 0 saturated heterocycles. The van der Waals surface area contributed by atoms with Gasteiger partial charge >= 0.3 is 0 Å². The molecular weight excluding hydrogens is 295 g/mol. The van der Waals surface area contributed by atoms with Crippen LogP contribution in [0.4, 0.5) is 0 Å². The van der Waals surface area contributed by atoms with Crippen molar-refractivity contribution in [3.8, 4) is 0 Å². The molecule has 0 unspecified atom stereocenters. The summed E-state index contributed by atoms with van der Waals surface area (Å²) in [5.41, 5.74) is 2.15. The van der Waals surface area contributed by atoms with E-state index >= 15 is 0 Å². The van der Waals surface area contributed by atoms with E-state index in [2.05, 4.69) is 13.2 Å². The second kappa shape index (κ2) is 13.2. The average molecular weight is 315 g/mol. The lowest BCUT2D eigenvalue weighted by atomic mass is 10.4. The highest BCUT2D eigenvalue weighted by Crippen LogP contribution is 2.09. The maximum absolute atomic E-state index is 5.62. The Morgan fingerprint density at radius 2 is 1.29 bits per heavy atom. The van der Waals surface area contributed by atoms with Gasteiger partial charge in [0.25, 0.3) is 0 Å². The zero-order valence-corrected chi connectivity index (χ0v) is 13.2. The van der Waals surface area contributed by atoms with Crippen molar-refractivity contribution in [2.24, 2.45) is 0 Å². The molecule has 0 amide bonds. The highest BCUT2D eigenvalue weighted by Gasteiger charge is 1.95. The molecule has 0 heterocycles. The quantitative estimate of drug-likeness (QED) is 0.305. The van der Waals surface area contributed by atoms with Gasteiger partial charge in [-0.05, 0) is 0 Å². The Bertz CT molecular complexity index is 201. The molecular formula is C12H20Cl2OS2. The number of hydrogen-bond acceptors (Lipinski definition) is 3. The number of rotatable bonds is 12. The molecule has 0 aliphatic carbocycles. The third-order valence-electron chi connectivity index (χ3n) is 1.73. The standard InChI is InChI=1S/C12H20Cl2OS2/c1-11(7-13)9-16-5-3-15-4-6-17-10-12(2)8-14/h1-10H2. The summed E-state index contributed by atoms with van der Waals surface area (Å²) < 4.78 is 5.50. The fourth-order valence-corrected chi connectivity index (χ4v) is 2.80. The molecule has 0 saturated carbocycles. The van der Waals surface area contributed by atoms with Gasteiger partial charge in [0.2, 0.25) is 0 Å². The minimum atomic E-state index is 0.551. The predicted octanol–water partition coefficient (Wildman–Crippen LogP) is 4.06. The second-order valence-electron chi connectivity index (χ2n) is 3.48. The van der Waals surface area contributed by atoms with Crippen molar-refractivity contribution in [2.45, 2.75) is 0 Å². The van der Waals surface area contributed by atoms with E-state index in [9.17, 15) is 0 Å². The van der Waals surface area contributed by atoms with Crippen molar-refractivity contribution in [3.05, 3.63) is 24.3 Å². The van der Waals surface area contributed by atoms with Gasteiger partial charge in [0.1, 0.15) is 0 Å². The lowest BCUT2D eigenvalue weighted by Crippen LogP contribution is -2.03. The van der Waals surface area contributed by atoms with Gasteiger partial charge in [0.15, 0.2) is 0 Å². The molecule has 0 fully saturated rings. The first-order chi connectivity index (χ1) is 8.20. The number of alkyl halides is 2. The molecule has 0 N–H and O–H groups in total. The van der Waals surface area contributed by atoms with E-state index in [1.807, 2.05) is 23.5 Å². The van der Waals surface area contributed by atoms with Gasteiger partial charge in [-0.2, -0.15) is 23.5 Å². The van der Waals surface area contributed by atoms with Gasteiger partial charge in [-0.3, -0.25) is 0 Å². The minimum absolute atomic E-state index is 0.551. The van der Waals surface area contributed by atoms with Crippen molar-refractivity contribution < 1.29 is 4.74 Å². The van der Waals surface area contributed by atoms with Crippen LogP contribution in [0.1, 0.15) is 0 Å². The first kappa shape index (κ1) is 17.7. The molecule has 17 heavy (non-hydrogen) atoms. The van der Waals surface area contributed by atoms with E-state index < -0.39 is 0 Å². The van der Waals surface area contributed by atoms with Crippen LogP contribution in [0.5, 0.6) is 0 Å². The summed E-state index contributed by atoms with van der Waals surface area (Å²) in [6.45, 7) is 9.26. The molecule has 5 heteroatoms. The van der Waals surface area contributed by atoms with Crippen molar-refractivity contribution in [2.75, 3.05) is 48.0 Å². The van der Waals surface area contributed by atoms with Crippen molar-refractivity contribution in [1.29, 1.82) is 0 Å². The summed E-state index contributed by atoms with van der Waals surface area (Å²) in [5, 5.41) is 0. The van der Waals surface area contributed by atoms with Crippen molar-refractivity contribution >= 4 is 46.7 Å². The number of halogens is 2. The van der Waals surface area contributed by atoms with E-state index in [0.29, 0.717) is 11.8 Å². The maximum Gasteiger partial charge on any atom is 0.0557 e. The van der Waals surface area contributed by atoms with Crippen LogP contribution in [0, 0.1) is 0 Å². The lowest BCUT2D eigenvalue weighted by Gasteiger charge is -2.05. The second-order valence-corrected chi connectivity index (χ2v) is 6.23. The van der Waals surface area contributed by atoms with E-state index in [0.717, 1.165) is 47.4 Å². The zero-order chi connectivity index (χ0) is 12.9. The van der Waals surface area contributed by atoms with Crippen LogP contribution in [0.3, 0.4) is 0 Å². The van der Waals surface area contributed by atoms with Crippen molar-refractivity contribution in [3.63, 3.8) is 0 Å². The fourth-order valence-electron chi connectivity index (χ4n) is 0.848. The molecule has 1 nitrogen and oxygen atoms in total. The van der Waals surface area contributed by atoms with Crippen LogP contribution in [0.2, 0.25) is 0 Å². The summed E-state index contributed by atoms with van der Waals surface area (Å²) in [5.74, 6) is 4.95. The zero-order valence-electron chi connectivity index (χ0n) is 10.1. The smallest absolute Gasteiger partial charge is 0.0557 e. The molecule has 0 rings (SSSR count). The van der Waals surface area contributed by atoms with Crippen LogP contribution >= 0.6 is 46.7 Å². The highest BCUT2D eigenvalue weighted by molar-refractivity contribution is 7.99. The topological polar surface area (TPSA) is 9.23 Å². The molecule has 0 aromatic heterocycles. The summed E-state index contributed by atoms with van der Waals surface area (Å²) in [4.78, 5) is 0. The molecule has 0 aromatic carbocycles. The molecule has 0 spiro atoms. The van der Waals surface area contributed by atoms with E-state index in [4.69, 9.17) is 27.9 Å². The SMILES string of the molecule is C=C(CCl)CSCCOCCSCC(=C)CCl. The van der Waals surface area contributed by atoms with Gasteiger partial charge in [0, 0.05) is 34.8 Å². The Balaban J connectivity index is 3.08. The molecule has 0 bridgehead atoms. The fraction of sp³-hybridized carbons (Fsp3) is 0.667. The highest BCUT2D eigenvalue weighted by atomic mass is 35.5. The summed E-state index contributed by atoms with van der Waals surface area (Å²) in [6, 6.07) is 0. The van der Waals surface area contributed by atoms with Crippen molar-refractivity contribution in [1.82, 2.24) is 0 Å². The molecule has 0 atom stereocenters. The van der Waals surface area contributed by atoms with E-state index in [-0.39, 0.29) is 0 Å². The van der Waals surface area contributed by atoms with Crippen LogP contribution in [0.15, 0.2) is 24.3 Å². The Hall–Kier alpha value is 0.720. The Labute approximate surface area is 123 Å².